The van der Waals surface area contributed by atoms with Crippen LogP contribution in [0.1, 0.15) is 56.2 Å². The number of carbonyl (C=O) groups is 3. The number of nitro groups is 1. The van der Waals surface area contributed by atoms with Crippen LogP contribution in [0.3, 0.4) is 0 Å². The molecule has 1 aliphatic carbocycles. The molecule has 3 aromatic rings. The van der Waals surface area contributed by atoms with E-state index in [1.165, 1.54) is 42.2 Å². The molecule has 0 bridgehead atoms. The van der Waals surface area contributed by atoms with Crippen LogP contribution in [0.2, 0.25) is 0 Å². The van der Waals surface area contributed by atoms with Crippen LogP contribution in [0.15, 0.2) is 90.6 Å². The number of nitro benzene ring substituents is 1. The van der Waals surface area contributed by atoms with Gasteiger partial charge in [-0.25, -0.2) is 0 Å². The minimum absolute atomic E-state index is 0.0191. The molecule has 4 rings (SSSR count). The van der Waals surface area contributed by atoms with Crippen LogP contribution < -0.4 is 15.5 Å². The molecule has 9 heteroatoms. The van der Waals surface area contributed by atoms with Crippen molar-refractivity contribution in [3.05, 3.63) is 112 Å². The number of non-ortho nitro benzene ring substituents is 1. The third-order valence-corrected chi connectivity index (χ3v) is 6.78. The van der Waals surface area contributed by atoms with Gasteiger partial charge in [0.1, 0.15) is 11.7 Å². The molecular weight excluding hydrogens is 508 g/mol. The molecule has 1 atom stereocenters. The van der Waals surface area contributed by atoms with Crippen molar-refractivity contribution in [3.8, 4) is 0 Å². The zero-order valence-electron chi connectivity index (χ0n) is 22.3. The average Bonchev–Trinajstić information content (AvgIpc) is 2.96. The Morgan fingerprint density at radius 2 is 1.50 bits per heavy atom. The number of para-hydroxylation sites is 1. The van der Waals surface area contributed by atoms with Crippen molar-refractivity contribution in [1.29, 1.82) is 0 Å². The average molecular weight is 541 g/mol. The highest BCUT2D eigenvalue weighted by atomic mass is 16.6. The summed E-state index contributed by atoms with van der Waals surface area (Å²) in [5.74, 6) is -1.39. The molecule has 0 aromatic heterocycles. The van der Waals surface area contributed by atoms with Gasteiger partial charge in [0.2, 0.25) is 11.8 Å². The Balaban J connectivity index is 1.80. The van der Waals surface area contributed by atoms with Gasteiger partial charge in [0.05, 0.1) is 4.92 Å². The number of amides is 3. The second-order valence-corrected chi connectivity index (χ2v) is 9.76. The molecule has 0 heterocycles. The van der Waals surface area contributed by atoms with Crippen molar-refractivity contribution in [1.82, 2.24) is 10.6 Å². The van der Waals surface area contributed by atoms with E-state index >= 15 is 0 Å². The topological polar surface area (TPSA) is 122 Å². The Labute approximate surface area is 233 Å². The largest absolute Gasteiger partial charge is 0.351 e. The predicted molar refractivity (Wildman–Crippen MR) is 153 cm³/mol. The summed E-state index contributed by atoms with van der Waals surface area (Å²) < 4.78 is 0. The smallest absolute Gasteiger partial charge is 0.275 e. The Morgan fingerprint density at radius 3 is 2.08 bits per heavy atom. The summed E-state index contributed by atoms with van der Waals surface area (Å²) in [6.45, 7) is 1.29. The number of nitrogens with one attached hydrogen (secondary N) is 2. The quantitative estimate of drug-likeness (QED) is 0.217. The molecule has 1 unspecified atom stereocenters. The highest BCUT2D eigenvalue weighted by Gasteiger charge is 2.35. The summed E-state index contributed by atoms with van der Waals surface area (Å²) in [5.41, 5.74) is 1.39. The Morgan fingerprint density at radius 1 is 0.900 bits per heavy atom. The molecule has 40 heavy (non-hydrogen) atoms. The molecule has 0 radical (unpaired) electrons. The molecule has 1 aliphatic rings. The van der Waals surface area contributed by atoms with E-state index < -0.39 is 22.8 Å². The number of hydrogen-bond acceptors (Lipinski definition) is 5. The van der Waals surface area contributed by atoms with E-state index in [9.17, 15) is 24.5 Å². The van der Waals surface area contributed by atoms with Crippen LogP contribution >= 0.6 is 0 Å². The summed E-state index contributed by atoms with van der Waals surface area (Å²) in [6.07, 6.45) is 6.41. The molecule has 9 nitrogen and oxygen atoms in total. The molecule has 3 amide bonds. The van der Waals surface area contributed by atoms with E-state index in [4.69, 9.17) is 0 Å². The fourth-order valence-electron chi connectivity index (χ4n) is 4.88. The fraction of sp³-hybridized carbons (Fsp3) is 0.258. The number of hydrogen-bond donors (Lipinski definition) is 2. The van der Waals surface area contributed by atoms with Crippen LogP contribution in [0.25, 0.3) is 6.08 Å². The zero-order chi connectivity index (χ0) is 28.5. The normalized spacial score (nSPS) is 14.6. The van der Waals surface area contributed by atoms with Crippen LogP contribution in [0.5, 0.6) is 0 Å². The first-order valence-electron chi connectivity index (χ1n) is 13.3. The summed E-state index contributed by atoms with van der Waals surface area (Å²) in [5, 5.41) is 16.9. The van der Waals surface area contributed by atoms with Gasteiger partial charge in [0.15, 0.2) is 0 Å². The third-order valence-electron chi connectivity index (χ3n) is 6.78. The van der Waals surface area contributed by atoms with Crippen molar-refractivity contribution in [2.45, 2.75) is 51.1 Å². The lowest BCUT2D eigenvalue weighted by Gasteiger charge is -2.34. The summed E-state index contributed by atoms with van der Waals surface area (Å²) >= 11 is 0. The highest BCUT2D eigenvalue weighted by Crippen LogP contribution is 2.30. The molecule has 2 N–H and O–H groups in total. The van der Waals surface area contributed by atoms with E-state index in [0.717, 1.165) is 32.1 Å². The van der Waals surface area contributed by atoms with E-state index in [1.807, 2.05) is 24.3 Å². The molecule has 1 saturated carbocycles. The maximum absolute atomic E-state index is 14.3. The minimum Gasteiger partial charge on any atom is -0.351 e. The van der Waals surface area contributed by atoms with E-state index in [-0.39, 0.29) is 23.3 Å². The number of anilines is 1. The molecular formula is C31H32N4O5. The van der Waals surface area contributed by atoms with E-state index in [0.29, 0.717) is 16.8 Å². The second-order valence-electron chi connectivity index (χ2n) is 9.76. The summed E-state index contributed by atoms with van der Waals surface area (Å²) in [6, 6.07) is 22.5. The molecule has 0 saturated heterocycles. The van der Waals surface area contributed by atoms with Crippen molar-refractivity contribution >= 4 is 35.2 Å². The van der Waals surface area contributed by atoms with Gasteiger partial charge in [-0.05, 0) is 54.3 Å². The fourth-order valence-corrected chi connectivity index (χ4v) is 4.88. The first kappa shape index (κ1) is 28.2. The third kappa shape index (κ3) is 7.19. The Hall–Kier alpha value is -4.79. The monoisotopic (exact) mass is 540 g/mol. The van der Waals surface area contributed by atoms with Crippen LogP contribution in [-0.2, 0) is 14.4 Å². The number of benzene rings is 3. The predicted octanol–water partition coefficient (Wildman–Crippen LogP) is 5.30. The number of carbonyl (C=O) groups excluding carboxylic acids is 3. The van der Waals surface area contributed by atoms with Crippen molar-refractivity contribution < 1.29 is 19.3 Å². The number of rotatable bonds is 9. The summed E-state index contributed by atoms with van der Waals surface area (Å²) in [7, 11) is 0. The van der Waals surface area contributed by atoms with Gasteiger partial charge in [-0.15, -0.1) is 0 Å². The lowest BCUT2D eigenvalue weighted by Crippen LogP contribution is -2.49. The first-order chi connectivity index (χ1) is 19.3. The van der Waals surface area contributed by atoms with Crippen LogP contribution in [0.4, 0.5) is 11.4 Å². The van der Waals surface area contributed by atoms with Gasteiger partial charge < -0.3 is 10.6 Å². The lowest BCUT2D eigenvalue weighted by molar-refractivity contribution is -0.384. The maximum atomic E-state index is 14.3. The molecule has 3 aromatic carbocycles. The van der Waals surface area contributed by atoms with Gasteiger partial charge in [0.25, 0.3) is 11.6 Å². The highest BCUT2D eigenvalue weighted by molar-refractivity contribution is 6.13. The SMILES string of the molecule is CC(=O)N/C(=C\c1ccc([N+](=O)[O-])cc1)C(=O)N(c1ccccc1)C(C(=O)NC1CCCCC1)c1ccccc1. The van der Waals surface area contributed by atoms with Crippen molar-refractivity contribution in [3.63, 3.8) is 0 Å². The van der Waals surface area contributed by atoms with Crippen molar-refractivity contribution in [2.75, 3.05) is 4.90 Å². The van der Waals surface area contributed by atoms with Gasteiger partial charge >= 0.3 is 0 Å². The standard InChI is InChI=1S/C31H32N4O5/c1-22(36)32-28(21-23-17-19-27(20-18-23)35(39)40)31(38)34(26-15-9-4-10-16-26)29(24-11-5-2-6-12-24)30(37)33-25-13-7-3-8-14-25/h2,4-6,9-12,15-21,25,29H,3,7-8,13-14H2,1H3,(H,32,36)(H,33,37)/b28-21-. The minimum atomic E-state index is -1.02. The second kappa shape index (κ2) is 13.3. The molecule has 0 aliphatic heterocycles. The maximum Gasteiger partial charge on any atom is 0.275 e. The van der Waals surface area contributed by atoms with Gasteiger partial charge in [-0.2, -0.15) is 0 Å². The number of nitrogens with zero attached hydrogens (tertiary/aromatic N) is 2. The Kier molecular flexibility index (Phi) is 9.40. The zero-order valence-corrected chi connectivity index (χ0v) is 22.3. The van der Waals surface area contributed by atoms with Gasteiger partial charge in [-0.1, -0.05) is 67.8 Å². The lowest BCUT2D eigenvalue weighted by atomic mass is 9.94. The van der Waals surface area contributed by atoms with E-state index in [1.54, 1.807) is 36.4 Å². The molecule has 1 fully saturated rings. The first-order valence-corrected chi connectivity index (χ1v) is 13.3. The molecule has 206 valence electrons. The summed E-state index contributed by atoms with van der Waals surface area (Å²) in [4.78, 5) is 52.4. The van der Waals surface area contributed by atoms with Crippen LogP contribution in [-0.4, -0.2) is 28.7 Å². The van der Waals surface area contributed by atoms with Crippen LogP contribution in [0, 0.1) is 10.1 Å². The van der Waals surface area contributed by atoms with Crippen molar-refractivity contribution in [2.24, 2.45) is 0 Å². The Bertz CT molecular complexity index is 1370. The van der Waals surface area contributed by atoms with E-state index in [2.05, 4.69) is 10.6 Å². The van der Waals surface area contributed by atoms with Gasteiger partial charge in [-0.3, -0.25) is 29.4 Å². The molecule has 0 spiro atoms. The van der Waals surface area contributed by atoms with Gasteiger partial charge in [0, 0.05) is 30.8 Å².